The third kappa shape index (κ3) is 3.11. The number of rotatable bonds is 3. The Morgan fingerprint density at radius 1 is 1.47 bits per heavy atom. The lowest BCUT2D eigenvalue weighted by Crippen LogP contribution is -1.82. The predicted octanol–water partition coefficient (Wildman–Crippen LogP) is 3.30. The molecule has 1 heterocycles. The normalized spacial score (nSPS) is 12.2. The highest BCUT2D eigenvalue weighted by atomic mass is 79.9. The molecule has 0 bridgehead atoms. The van der Waals surface area contributed by atoms with E-state index >= 15 is 0 Å². The van der Waals surface area contributed by atoms with Crippen LogP contribution in [0.5, 0.6) is 0 Å². The number of aromatic nitrogens is 1. The lowest BCUT2D eigenvalue weighted by Gasteiger charge is -2.02. The molecule has 2 rings (SSSR count). The highest BCUT2D eigenvalue weighted by Crippen LogP contribution is 2.43. The van der Waals surface area contributed by atoms with Crippen molar-refractivity contribution in [2.45, 2.75) is 4.90 Å². The number of aromatic amines is 1. The summed E-state index contributed by atoms with van der Waals surface area (Å²) in [6, 6.07) is 2.92. The zero-order valence-corrected chi connectivity index (χ0v) is 11.7. The van der Waals surface area contributed by atoms with Crippen molar-refractivity contribution in [3.8, 4) is 0 Å². The van der Waals surface area contributed by atoms with Gasteiger partial charge < -0.3 is 14.8 Å². The van der Waals surface area contributed by atoms with Gasteiger partial charge in [-0.25, -0.2) is 4.39 Å². The van der Waals surface area contributed by atoms with Gasteiger partial charge in [-0.3, -0.25) is 4.57 Å². The van der Waals surface area contributed by atoms with Gasteiger partial charge in [0.2, 0.25) is 0 Å². The fraction of sp³-hybridized carbons (Fsp3) is 0.111. The molecule has 0 saturated carbocycles. The first kappa shape index (κ1) is 13.1. The number of halogens is 2. The van der Waals surface area contributed by atoms with Gasteiger partial charge in [0.05, 0.1) is 4.47 Å². The molecule has 3 N–H and O–H groups in total. The average molecular weight is 340 g/mol. The zero-order valence-electron chi connectivity index (χ0n) is 8.35. The molecular formula is C9H8BrFNO3PS. The molecule has 0 aliphatic heterocycles. The molecule has 2 aromatic rings. The second-order valence-corrected chi connectivity index (χ2v) is 7.35. The molecule has 0 aliphatic rings. The highest BCUT2D eigenvalue weighted by molar-refractivity contribution is 9.10. The van der Waals surface area contributed by atoms with E-state index in [1.165, 1.54) is 6.07 Å². The first-order chi connectivity index (χ1) is 7.87. The van der Waals surface area contributed by atoms with Crippen LogP contribution < -0.4 is 0 Å². The van der Waals surface area contributed by atoms with Crippen molar-refractivity contribution in [2.75, 3.05) is 5.49 Å². The third-order valence-corrected chi connectivity index (χ3v) is 5.19. The van der Waals surface area contributed by atoms with Crippen LogP contribution in [0.25, 0.3) is 10.9 Å². The minimum atomic E-state index is -4.04. The minimum Gasteiger partial charge on any atom is -0.360 e. The summed E-state index contributed by atoms with van der Waals surface area (Å²) in [7, 11) is -4.04. The van der Waals surface area contributed by atoms with E-state index in [1.807, 2.05) is 0 Å². The van der Waals surface area contributed by atoms with Crippen molar-refractivity contribution in [1.29, 1.82) is 0 Å². The van der Waals surface area contributed by atoms with E-state index in [0.717, 1.165) is 17.1 Å². The maximum absolute atomic E-state index is 13.2. The van der Waals surface area contributed by atoms with Crippen LogP contribution in [0.4, 0.5) is 4.39 Å². The smallest absolute Gasteiger partial charge is 0.335 e. The van der Waals surface area contributed by atoms with Crippen LogP contribution in [0.15, 0.2) is 27.7 Å². The summed E-state index contributed by atoms with van der Waals surface area (Å²) < 4.78 is 24.3. The van der Waals surface area contributed by atoms with Crippen molar-refractivity contribution >= 4 is 46.2 Å². The van der Waals surface area contributed by atoms with E-state index in [2.05, 4.69) is 20.9 Å². The lowest BCUT2D eigenvalue weighted by atomic mass is 10.2. The van der Waals surface area contributed by atoms with Crippen LogP contribution >= 0.6 is 35.3 Å². The quantitative estimate of drug-likeness (QED) is 0.592. The molecule has 0 fully saturated rings. The predicted molar refractivity (Wildman–Crippen MR) is 68.7 cm³/mol. The maximum Gasteiger partial charge on any atom is 0.335 e. The molecule has 4 nitrogen and oxygen atoms in total. The Hall–Kier alpha value is -0.330. The summed E-state index contributed by atoms with van der Waals surface area (Å²) in [4.78, 5) is 21.1. The van der Waals surface area contributed by atoms with Gasteiger partial charge in [-0.15, -0.1) is 11.8 Å². The summed E-state index contributed by atoms with van der Waals surface area (Å²) in [6.45, 7) is 0. The van der Waals surface area contributed by atoms with Gasteiger partial charge in [0.1, 0.15) is 11.3 Å². The van der Waals surface area contributed by atoms with E-state index in [1.54, 1.807) is 12.3 Å². The van der Waals surface area contributed by atoms with Gasteiger partial charge in [0.15, 0.2) is 0 Å². The van der Waals surface area contributed by atoms with Crippen LogP contribution in [0.2, 0.25) is 0 Å². The van der Waals surface area contributed by atoms with Gasteiger partial charge in [-0.2, -0.15) is 0 Å². The largest absolute Gasteiger partial charge is 0.360 e. The van der Waals surface area contributed by atoms with E-state index in [-0.39, 0.29) is 11.3 Å². The SMILES string of the molecule is O=P(O)(O)CSc1c[nH]c2cc(F)c(Br)cc12. The van der Waals surface area contributed by atoms with E-state index in [0.29, 0.717) is 14.9 Å². The van der Waals surface area contributed by atoms with Crippen molar-refractivity contribution in [3.63, 3.8) is 0 Å². The van der Waals surface area contributed by atoms with Gasteiger partial charge in [0.25, 0.3) is 0 Å². The fourth-order valence-electron chi connectivity index (χ4n) is 1.36. The summed E-state index contributed by atoms with van der Waals surface area (Å²) >= 11 is 4.11. The average Bonchev–Trinajstić information content (AvgIpc) is 2.57. The molecule has 0 aliphatic carbocycles. The number of hydrogen-bond acceptors (Lipinski definition) is 2. The van der Waals surface area contributed by atoms with Gasteiger partial charge in [-0.1, -0.05) is 0 Å². The van der Waals surface area contributed by atoms with Gasteiger partial charge in [-0.05, 0) is 28.1 Å². The monoisotopic (exact) mass is 339 g/mol. The van der Waals surface area contributed by atoms with Crippen molar-refractivity contribution in [2.24, 2.45) is 0 Å². The van der Waals surface area contributed by atoms with Crippen molar-refractivity contribution in [3.05, 3.63) is 28.6 Å². The lowest BCUT2D eigenvalue weighted by molar-refractivity contribution is 0.379. The van der Waals surface area contributed by atoms with Gasteiger partial charge in [0, 0.05) is 22.0 Å². The first-order valence-electron chi connectivity index (χ1n) is 4.50. The summed E-state index contributed by atoms with van der Waals surface area (Å²) in [5.74, 6) is -0.383. The number of thioether (sulfide) groups is 1. The second-order valence-electron chi connectivity index (χ2n) is 3.40. The van der Waals surface area contributed by atoms with Crippen molar-refractivity contribution in [1.82, 2.24) is 4.98 Å². The van der Waals surface area contributed by atoms with E-state index in [4.69, 9.17) is 9.79 Å². The molecule has 0 amide bonds. The molecule has 0 saturated heterocycles. The Bertz CT molecular complexity index is 612. The van der Waals surface area contributed by atoms with Crippen molar-refractivity contribution < 1.29 is 18.7 Å². The molecule has 1 aromatic heterocycles. The molecule has 0 radical (unpaired) electrons. The molecule has 0 spiro atoms. The third-order valence-electron chi connectivity index (χ3n) is 2.07. The first-order valence-corrected chi connectivity index (χ1v) is 8.08. The molecule has 0 unspecified atom stereocenters. The van der Waals surface area contributed by atoms with Crippen LogP contribution in [0.1, 0.15) is 0 Å². The number of fused-ring (bicyclic) bond motifs is 1. The number of hydrogen-bond donors (Lipinski definition) is 3. The number of benzene rings is 1. The molecule has 0 atom stereocenters. The standard InChI is InChI=1S/C9H8BrFNO3PS/c10-6-1-5-8(2-7(6)11)12-3-9(5)17-4-16(13,14)15/h1-3,12H,4H2,(H2,13,14,15). The van der Waals surface area contributed by atoms with Crippen LogP contribution in [-0.2, 0) is 4.57 Å². The Morgan fingerprint density at radius 2 is 2.18 bits per heavy atom. The summed E-state index contributed by atoms with van der Waals surface area (Å²) in [6.07, 6.45) is 1.61. The highest BCUT2D eigenvalue weighted by Gasteiger charge is 2.15. The Kier molecular flexibility index (Phi) is 3.66. The zero-order chi connectivity index (χ0) is 12.6. The van der Waals surface area contributed by atoms with Crippen LogP contribution in [0, 0.1) is 5.82 Å². The molecule has 17 heavy (non-hydrogen) atoms. The maximum atomic E-state index is 13.2. The molecule has 92 valence electrons. The Labute approximate surface area is 109 Å². The van der Waals surface area contributed by atoms with E-state index in [9.17, 15) is 8.96 Å². The topological polar surface area (TPSA) is 73.3 Å². The Balaban J connectivity index is 2.36. The molecular weight excluding hydrogens is 332 g/mol. The van der Waals surface area contributed by atoms with E-state index < -0.39 is 7.60 Å². The summed E-state index contributed by atoms with van der Waals surface area (Å²) in [5.41, 5.74) is 0.300. The van der Waals surface area contributed by atoms with Crippen LogP contribution in [-0.4, -0.2) is 20.3 Å². The second kappa shape index (κ2) is 4.74. The Morgan fingerprint density at radius 3 is 2.82 bits per heavy atom. The van der Waals surface area contributed by atoms with Crippen LogP contribution in [0.3, 0.4) is 0 Å². The van der Waals surface area contributed by atoms with Gasteiger partial charge >= 0.3 is 7.60 Å². The molecule has 8 heteroatoms. The number of H-pyrrole nitrogens is 1. The minimum absolute atomic E-state index is 0.297. The summed E-state index contributed by atoms with van der Waals surface area (Å²) in [5, 5.41) is 0.733. The number of nitrogens with one attached hydrogen (secondary N) is 1. The molecule has 1 aromatic carbocycles. The fourth-order valence-corrected chi connectivity index (χ4v) is 3.40.